The molecule has 0 aliphatic heterocycles. The molecule has 0 saturated carbocycles. The minimum Gasteiger partial charge on any atom is -0.356 e. The smallest absolute Gasteiger partial charge is 0.191 e. The van der Waals surface area contributed by atoms with E-state index in [2.05, 4.69) is 48.4 Å². The Bertz CT molecular complexity index is 793. The average Bonchev–Trinajstić information content (AvgIpc) is 2.84. The molecule has 2 aromatic rings. The van der Waals surface area contributed by atoms with Crippen LogP contribution < -0.4 is 10.6 Å². The van der Waals surface area contributed by atoms with Crippen LogP contribution in [0.2, 0.25) is 10.0 Å². The lowest BCUT2D eigenvalue weighted by molar-refractivity contribution is 0.624. The molecule has 1 heterocycles. The van der Waals surface area contributed by atoms with Crippen molar-refractivity contribution >= 4 is 29.2 Å². The highest BCUT2D eigenvalue weighted by molar-refractivity contribution is 6.36. The first-order chi connectivity index (χ1) is 12.7. The van der Waals surface area contributed by atoms with Crippen LogP contribution in [-0.2, 0) is 13.5 Å². The number of benzene rings is 1. The number of aromatic nitrogens is 2. The van der Waals surface area contributed by atoms with Crippen LogP contribution in [0.1, 0.15) is 42.3 Å². The monoisotopic (exact) mass is 409 g/mol. The Labute approximate surface area is 172 Å². The Hall–Kier alpha value is -1.72. The lowest BCUT2D eigenvalue weighted by Gasteiger charge is -2.21. The zero-order valence-corrected chi connectivity index (χ0v) is 18.4. The molecule has 27 heavy (non-hydrogen) atoms. The highest BCUT2D eigenvalue weighted by Crippen LogP contribution is 2.30. The fraction of sp³-hybridized carbons (Fsp3) is 0.500. The molecule has 148 valence electrons. The molecule has 2 unspecified atom stereocenters. The molecule has 2 rings (SSSR count). The maximum absolute atomic E-state index is 6.31. The third kappa shape index (κ3) is 5.39. The predicted molar refractivity (Wildman–Crippen MR) is 115 cm³/mol. The molecule has 0 amide bonds. The Morgan fingerprint density at radius 1 is 1.22 bits per heavy atom. The van der Waals surface area contributed by atoms with Crippen LogP contribution in [0.3, 0.4) is 0 Å². The first-order valence-corrected chi connectivity index (χ1v) is 9.90. The fourth-order valence-electron chi connectivity index (χ4n) is 3.23. The Morgan fingerprint density at radius 2 is 1.85 bits per heavy atom. The normalized spacial score (nSPS) is 14.1. The summed E-state index contributed by atoms with van der Waals surface area (Å²) in [5.41, 5.74) is 4.52. The Kier molecular flexibility index (Phi) is 7.57. The van der Waals surface area contributed by atoms with Gasteiger partial charge in [-0.3, -0.25) is 9.67 Å². The first kappa shape index (κ1) is 21.6. The molecular formula is C20H29Cl2N5. The fourth-order valence-corrected chi connectivity index (χ4v) is 4.00. The quantitative estimate of drug-likeness (QED) is 0.553. The van der Waals surface area contributed by atoms with Gasteiger partial charge in [-0.05, 0) is 50.5 Å². The van der Waals surface area contributed by atoms with Gasteiger partial charge in [0, 0.05) is 48.3 Å². The van der Waals surface area contributed by atoms with E-state index in [4.69, 9.17) is 23.2 Å². The summed E-state index contributed by atoms with van der Waals surface area (Å²) in [6.07, 6.45) is 0.887. The SMILES string of the molecule is CN=C(NCC(C)c1c(Cl)cccc1Cl)NC(C)Cc1c(C)nn(C)c1C. The molecular weight excluding hydrogens is 381 g/mol. The third-order valence-electron chi connectivity index (χ3n) is 4.84. The van der Waals surface area contributed by atoms with E-state index in [9.17, 15) is 0 Å². The van der Waals surface area contributed by atoms with Crippen molar-refractivity contribution in [3.8, 4) is 0 Å². The number of nitrogens with one attached hydrogen (secondary N) is 2. The van der Waals surface area contributed by atoms with E-state index in [0.29, 0.717) is 16.6 Å². The van der Waals surface area contributed by atoms with Crippen LogP contribution in [0.25, 0.3) is 0 Å². The lowest BCUT2D eigenvalue weighted by atomic mass is 10.0. The van der Waals surface area contributed by atoms with Gasteiger partial charge in [0.1, 0.15) is 0 Å². The largest absolute Gasteiger partial charge is 0.356 e. The number of aryl methyl sites for hydroxylation is 2. The number of hydrogen-bond donors (Lipinski definition) is 2. The van der Waals surface area contributed by atoms with Crippen molar-refractivity contribution in [1.29, 1.82) is 0 Å². The van der Waals surface area contributed by atoms with Crippen LogP contribution in [0.5, 0.6) is 0 Å². The molecule has 7 heteroatoms. The van der Waals surface area contributed by atoms with Gasteiger partial charge in [-0.1, -0.05) is 36.2 Å². The molecule has 2 N–H and O–H groups in total. The summed E-state index contributed by atoms with van der Waals surface area (Å²) in [7, 11) is 3.75. The van der Waals surface area contributed by atoms with Crippen LogP contribution in [0.4, 0.5) is 0 Å². The molecule has 2 atom stereocenters. The third-order valence-corrected chi connectivity index (χ3v) is 5.50. The minimum absolute atomic E-state index is 0.155. The zero-order valence-electron chi connectivity index (χ0n) is 16.9. The summed E-state index contributed by atoms with van der Waals surface area (Å²) in [4.78, 5) is 4.34. The van der Waals surface area contributed by atoms with Crippen LogP contribution >= 0.6 is 23.2 Å². The molecule has 1 aromatic carbocycles. The molecule has 0 saturated heterocycles. The summed E-state index contributed by atoms with van der Waals surface area (Å²) >= 11 is 12.6. The van der Waals surface area contributed by atoms with Crippen molar-refractivity contribution in [2.45, 2.75) is 46.1 Å². The summed E-state index contributed by atoms with van der Waals surface area (Å²) in [6.45, 7) is 9.08. The molecule has 5 nitrogen and oxygen atoms in total. The second-order valence-corrected chi connectivity index (χ2v) is 7.83. The number of guanidine groups is 1. The van der Waals surface area contributed by atoms with E-state index in [1.165, 1.54) is 11.3 Å². The summed E-state index contributed by atoms with van der Waals surface area (Å²) in [5.74, 6) is 0.916. The van der Waals surface area contributed by atoms with Gasteiger partial charge in [-0.2, -0.15) is 5.10 Å². The molecule has 0 radical (unpaired) electrons. The number of hydrogen-bond acceptors (Lipinski definition) is 2. The number of aliphatic imine (C=N–C) groups is 1. The Balaban J connectivity index is 1.95. The van der Waals surface area contributed by atoms with Crippen molar-refractivity contribution in [1.82, 2.24) is 20.4 Å². The molecule has 0 fully saturated rings. The van der Waals surface area contributed by atoms with Crippen molar-refractivity contribution in [2.24, 2.45) is 12.0 Å². The van der Waals surface area contributed by atoms with Gasteiger partial charge in [0.25, 0.3) is 0 Å². The highest BCUT2D eigenvalue weighted by Gasteiger charge is 2.16. The molecule has 0 aliphatic rings. The molecule has 0 spiro atoms. The van der Waals surface area contributed by atoms with E-state index in [-0.39, 0.29) is 12.0 Å². The summed E-state index contributed by atoms with van der Waals surface area (Å²) in [6, 6.07) is 5.82. The van der Waals surface area contributed by atoms with E-state index in [0.717, 1.165) is 23.6 Å². The van der Waals surface area contributed by atoms with E-state index in [1.54, 1.807) is 7.05 Å². The van der Waals surface area contributed by atoms with Gasteiger partial charge >= 0.3 is 0 Å². The standard InChI is InChI=1S/C20H29Cl2N5/c1-12(19-17(21)8-7-9-18(19)22)11-24-20(23-5)25-13(2)10-16-14(3)26-27(6)15(16)4/h7-9,12-13H,10-11H2,1-6H3,(H2,23,24,25). The van der Waals surface area contributed by atoms with Crippen LogP contribution in [-0.4, -0.2) is 35.4 Å². The predicted octanol–water partition coefficient (Wildman–Crippen LogP) is 4.24. The van der Waals surface area contributed by atoms with Gasteiger partial charge in [-0.25, -0.2) is 0 Å². The second kappa shape index (κ2) is 9.47. The first-order valence-electron chi connectivity index (χ1n) is 9.14. The molecule has 1 aromatic heterocycles. The van der Waals surface area contributed by atoms with Crippen LogP contribution in [0.15, 0.2) is 23.2 Å². The second-order valence-electron chi connectivity index (χ2n) is 7.01. The summed E-state index contributed by atoms with van der Waals surface area (Å²) < 4.78 is 1.93. The van der Waals surface area contributed by atoms with E-state index in [1.807, 2.05) is 29.9 Å². The Morgan fingerprint density at radius 3 is 2.37 bits per heavy atom. The topological polar surface area (TPSA) is 54.2 Å². The minimum atomic E-state index is 0.155. The van der Waals surface area contributed by atoms with Crippen molar-refractivity contribution < 1.29 is 0 Å². The van der Waals surface area contributed by atoms with Gasteiger partial charge in [0.05, 0.1) is 5.69 Å². The zero-order chi connectivity index (χ0) is 20.1. The average molecular weight is 410 g/mol. The van der Waals surface area contributed by atoms with Crippen molar-refractivity contribution in [2.75, 3.05) is 13.6 Å². The number of rotatable bonds is 6. The van der Waals surface area contributed by atoms with Crippen LogP contribution in [0, 0.1) is 13.8 Å². The maximum Gasteiger partial charge on any atom is 0.191 e. The van der Waals surface area contributed by atoms with Gasteiger partial charge in [-0.15, -0.1) is 0 Å². The molecule has 0 aliphatic carbocycles. The number of halogens is 2. The van der Waals surface area contributed by atoms with Gasteiger partial charge in [0.2, 0.25) is 0 Å². The summed E-state index contributed by atoms with van der Waals surface area (Å²) in [5, 5.41) is 12.7. The highest BCUT2D eigenvalue weighted by atomic mass is 35.5. The lowest BCUT2D eigenvalue weighted by Crippen LogP contribution is -2.44. The van der Waals surface area contributed by atoms with Crippen molar-refractivity contribution in [3.05, 3.63) is 50.8 Å². The van der Waals surface area contributed by atoms with E-state index >= 15 is 0 Å². The van der Waals surface area contributed by atoms with Gasteiger partial charge in [0.15, 0.2) is 5.96 Å². The van der Waals surface area contributed by atoms with E-state index < -0.39 is 0 Å². The van der Waals surface area contributed by atoms with Crippen molar-refractivity contribution in [3.63, 3.8) is 0 Å². The number of nitrogens with zero attached hydrogens (tertiary/aromatic N) is 3. The van der Waals surface area contributed by atoms with Gasteiger partial charge < -0.3 is 10.6 Å². The molecule has 0 bridgehead atoms. The maximum atomic E-state index is 6.31.